The van der Waals surface area contributed by atoms with Crippen LogP contribution in [-0.2, 0) is 19.1 Å². The first-order chi connectivity index (χ1) is 8.08. The molecule has 1 heterocycles. The second-order valence-electron chi connectivity index (χ2n) is 4.55. The van der Waals surface area contributed by atoms with Crippen molar-refractivity contribution < 1.29 is 19.1 Å². The molecule has 0 amide bonds. The molecule has 2 unspecified atom stereocenters. The van der Waals surface area contributed by atoms with E-state index >= 15 is 0 Å². The third-order valence-corrected chi connectivity index (χ3v) is 3.18. The van der Waals surface area contributed by atoms with Gasteiger partial charge in [-0.05, 0) is 19.4 Å². The summed E-state index contributed by atoms with van der Waals surface area (Å²) >= 11 is 0. The van der Waals surface area contributed by atoms with E-state index in [9.17, 15) is 9.59 Å². The number of ether oxygens (including phenoxy) is 2. The van der Waals surface area contributed by atoms with Crippen molar-refractivity contribution in [2.24, 2.45) is 11.8 Å². The Bertz CT molecular complexity index is 278. The number of likely N-dealkylation sites (tertiary alicyclic amines) is 1. The number of piperidine rings is 1. The Morgan fingerprint density at radius 1 is 1.35 bits per heavy atom. The van der Waals surface area contributed by atoms with Gasteiger partial charge in [0.2, 0.25) is 0 Å². The van der Waals surface area contributed by atoms with E-state index in [0.29, 0.717) is 13.1 Å². The lowest BCUT2D eigenvalue weighted by molar-refractivity contribution is -0.148. The summed E-state index contributed by atoms with van der Waals surface area (Å²) in [6.07, 6.45) is 1.84. The van der Waals surface area contributed by atoms with E-state index in [4.69, 9.17) is 9.47 Å². The Labute approximate surface area is 102 Å². The number of nitrogens with zero attached hydrogens (tertiary/aromatic N) is 1. The molecule has 1 aliphatic heterocycles. The summed E-state index contributed by atoms with van der Waals surface area (Å²) in [6.45, 7) is 4.08. The van der Waals surface area contributed by atoms with Crippen molar-refractivity contribution in [3.05, 3.63) is 0 Å². The highest BCUT2D eigenvalue weighted by molar-refractivity contribution is 5.73. The van der Waals surface area contributed by atoms with E-state index in [1.165, 1.54) is 14.2 Å². The van der Waals surface area contributed by atoms with Crippen LogP contribution >= 0.6 is 0 Å². The molecule has 1 aliphatic rings. The maximum absolute atomic E-state index is 11.4. The molecule has 0 spiro atoms. The van der Waals surface area contributed by atoms with Gasteiger partial charge in [-0.15, -0.1) is 0 Å². The summed E-state index contributed by atoms with van der Waals surface area (Å²) < 4.78 is 9.45. The Morgan fingerprint density at radius 3 is 2.65 bits per heavy atom. The summed E-state index contributed by atoms with van der Waals surface area (Å²) in [5.74, 6) is -0.569. The van der Waals surface area contributed by atoms with Gasteiger partial charge in [0.25, 0.3) is 0 Å². The Balaban J connectivity index is 2.44. The lowest BCUT2D eigenvalue weighted by Crippen LogP contribution is -2.42. The normalized spacial score (nSPS) is 22.9. The largest absolute Gasteiger partial charge is 0.469 e. The molecular weight excluding hydrogens is 222 g/mol. The molecule has 0 N–H and O–H groups in total. The van der Waals surface area contributed by atoms with Gasteiger partial charge in [-0.25, -0.2) is 0 Å². The van der Waals surface area contributed by atoms with E-state index in [2.05, 4.69) is 4.90 Å². The molecule has 0 aliphatic carbocycles. The van der Waals surface area contributed by atoms with Gasteiger partial charge in [0.05, 0.1) is 26.1 Å². The lowest BCUT2D eigenvalue weighted by atomic mass is 9.97. The fourth-order valence-corrected chi connectivity index (χ4v) is 2.24. The van der Waals surface area contributed by atoms with Crippen molar-refractivity contribution >= 4 is 11.9 Å². The highest BCUT2D eigenvalue weighted by Crippen LogP contribution is 2.18. The molecule has 5 heteroatoms. The van der Waals surface area contributed by atoms with Crippen LogP contribution in [-0.4, -0.2) is 50.7 Å². The number of methoxy groups -OCH3 is 2. The molecule has 0 bridgehead atoms. The van der Waals surface area contributed by atoms with Gasteiger partial charge in [-0.2, -0.15) is 0 Å². The van der Waals surface area contributed by atoms with E-state index in [0.717, 1.165) is 19.4 Å². The number of carbonyl (C=O) groups is 2. The topological polar surface area (TPSA) is 55.8 Å². The van der Waals surface area contributed by atoms with Crippen molar-refractivity contribution in [3.63, 3.8) is 0 Å². The monoisotopic (exact) mass is 243 g/mol. The minimum atomic E-state index is -0.204. The number of rotatable bonds is 4. The molecule has 1 saturated heterocycles. The van der Waals surface area contributed by atoms with Crippen molar-refractivity contribution in [2.45, 2.75) is 19.8 Å². The minimum Gasteiger partial charge on any atom is -0.469 e. The number of hydrogen-bond acceptors (Lipinski definition) is 5. The molecule has 0 saturated carbocycles. The number of hydrogen-bond donors (Lipinski definition) is 0. The summed E-state index contributed by atoms with van der Waals surface area (Å²) in [4.78, 5) is 24.9. The summed E-state index contributed by atoms with van der Waals surface area (Å²) in [7, 11) is 2.81. The van der Waals surface area contributed by atoms with Gasteiger partial charge in [-0.1, -0.05) is 6.92 Å². The van der Waals surface area contributed by atoms with E-state index in [1.807, 2.05) is 6.92 Å². The second kappa shape index (κ2) is 6.59. The minimum absolute atomic E-state index is 0.0569. The first-order valence-electron chi connectivity index (χ1n) is 5.96. The van der Waals surface area contributed by atoms with Gasteiger partial charge >= 0.3 is 11.9 Å². The average Bonchev–Trinajstić information content (AvgIpc) is 2.37. The van der Waals surface area contributed by atoms with Crippen LogP contribution in [0.3, 0.4) is 0 Å². The highest BCUT2D eigenvalue weighted by atomic mass is 16.5. The molecule has 5 nitrogen and oxygen atoms in total. The van der Waals surface area contributed by atoms with Crippen LogP contribution in [0.4, 0.5) is 0 Å². The second-order valence-corrected chi connectivity index (χ2v) is 4.55. The predicted molar refractivity (Wildman–Crippen MR) is 62.4 cm³/mol. The van der Waals surface area contributed by atoms with Gasteiger partial charge < -0.3 is 14.4 Å². The summed E-state index contributed by atoms with van der Waals surface area (Å²) in [5, 5.41) is 0. The Kier molecular flexibility index (Phi) is 5.41. The molecule has 0 radical (unpaired) electrons. The first-order valence-corrected chi connectivity index (χ1v) is 5.96. The van der Waals surface area contributed by atoms with Crippen molar-refractivity contribution in [2.75, 3.05) is 33.9 Å². The predicted octanol–water partition coefficient (Wildman–Crippen LogP) is 0.680. The lowest BCUT2D eigenvalue weighted by Gasteiger charge is -2.32. The van der Waals surface area contributed by atoms with Crippen LogP contribution in [0.15, 0.2) is 0 Å². The first kappa shape index (κ1) is 14.0. The molecule has 98 valence electrons. The maximum Gasteiger partial charge on any atom is 0.309 e. The van der Waals surface area contributed by atoms with Gasteiger partial charge in [-0.3, -0.25) is 9.59 Å². The van der Waals surface area contributed by atoms with E-state index in [1.54, 1.807) is 0 Å². The zero-order chi connectivity index (χ0) is 12.8. The van der Waals surface area contributed by atoms with Gasteiger partial charge in [0.1, 0.15) is 0 Å². The Hall–Kier alpha value is -1.10. The SMILES string of the molecule is COC(=O)C(C)CN1CCCC(C(=O)OC)C1. The van der Waals surface area contributed by atoms with Crippen molar-refractivity contribution in [1.29, 1.82) is 0 Å². The smallest absolute Gasteiger partial charge is 0.309 e. The van der Waals surface area contributed by atoms with Crippen LogP contribution in [0.2, 0.25) is 0 Å². The number of carbonyl (C=O) groups excluding carboxylic acids is 2. The highest BCUT2D eigenvalue weighted by Gasteiger charge is 2.28. The molecule has 0 aromatic heterocycles. The molecule has 17 heavy (non-hydrogen) atoms. The fraction of sp³-hybridized carbons (Fsp3) is 0.833. The zero-order valence-corrected chi connectivity index (χ0v) is 10.8. The molecule has 0 aromatic carbocycles. The quantitative estimate of drug-likeness (QED) is 0.680. The molecule has 1 rings (SSSR count). The van der Waals surface area contributed by atoms with Gasteiger partial charge in [0.15, 0.2) is 0 Å². The van der Waals surface area contributed by atoms with Crippen molar-refractivity contribution in [1.82, 2.24) is 4.90 Å². The van der Waals surface area contributed by atoms with Crippen LogP contribution in [0.25, 0.3) is 0 Å². The maximum atomic E-state index is 11.4. The fourth-order valence-electron chi connectivity index (χ4n) is 2.24. The summed E-state index contributed by atoms with van der Waals surface area (Å²) in [6, 6.07) is 0. The average molecular weight is 243 g/mol. The van der Waals surface area contributed by atoms with Crippen LogP contribution in [0.1, 0.15) is 19.8 Å². The van der Waals surface area contributed by atoms with Crippen LogP contribution < -0.4 is 0 Å². The van der Waals surface area contributed by atoms with E-state index < -0.39 is 0 Å². The van der Waals surface area contributed by atoms with Gasteiger partial charge in [0, 0.05) is 13.1 Å². The molecule has 0 aromatic rings. The zero-order valence-electron chi connectivity index (χ0n) is 10.8. The van der Waals surface area contributed by atoms with Crippen molar-refractivity contribution in [3.8, 4) is 0 Å². The van der Waals surface area contributed by atoms with Crippen LogP contribution in [0.5, 0.6) is 0 Å². The molecule has 1 fully saturated rings. The van der Waals surface area contributed by atoms with Crippen LogP contribution in [0, 0.1) is 11.8 Å². The summed E-state index contributed by atoms with van der Waals surface area (Å²) in [5.41, 5.74) is 0. The number of esters is 2. The standard InChI is InChI=1S/C12H21NO4/c1-9(11(14)16-2)7-13-6-4-5-10(8-13)12(15)17-3/h9-10H,4-8H2,1-3H3. The molecular formula is C12H21NO4. The molecule has 2 atom stereocenters. The van der Waals surface area contributed by atoms with E-state index in [-0.39, 0.29) is 23.8 Å². The third kappa shape index (κ3) is 4.00. The third-order valence-electron chi connectivity index (χ3n) is 3.18. The Morgan fingerprint density at radius 2 is 2.06 bits per heavy atom.